The highest BCUT2D eigenvalue weighted by atomic mass is 19.1. The van der Waals surface area contributed by atoms with Gasteiger partial charge in [-0.2, -0.15) is 0 Å². The monoisotopic (exact) mass is 210 g/mol. The molecule has 0 bridgehead atoms. The second kappa shape index (κ2) is 5.49. The molecule has 1 aromatic carbocycles. The Labute approximate surface area is 89.1 Å². The summed E-state index contributed by atoms with van der Waals surface area (Å²) in [5.41, 5.74) is 0.834. The molecule has 0 saturated carbocycles. The Bertz CT molecular complexity index is 347. The number of halogens is 1. The van der Waals surface area contributed by atoms with Crippen molar-refractivity contribution in [3.8, 4) is 5.75 Å². The fourth-order valence-electron chi connectivity index (χ4n) is 1.24. The lowest BCUT2D eigenvalue weighted by Crippen LogP contribution is -2.11. The minimum absolute atomic E-state index is 0.0259. The molecule has 0 heterocycles. The van der Waals surface area contributed by atoms with Crippen LogP contribution >= 0.6 is 0 Å². The third-order valence-electron chi connectivity index (χ3n) is 2.07. The summed E-state index contributed by atoms with van der Waals surface area (Å²) in [6, 6.07) is 4.31. The lowest BCUT2D eigenvalue weighted by molar-refractivity contribution is -0.121. The molecule has 0 unspecified atom stereocenters. The number of carbonyl (C=O) groups is 1. The molecule has 0 fully saturated rings. The van der Waals surface area contributed by atoms with Gasteiger partial charge in [0.1, 0.15) is 18.2 Å². The Hall–Kier alpha value is -1.38. The molecule has 0 aromatic heterocycles. The maximum atomic E-state index is 12.9. The van der Waals surface area contributed by atoms with Gasteiger partial charge in [-0.05, 0) is 25.0 Å². The highest BCUT2D eigenvalue weighted by Gasteiger charge is 2.05. The zero-order valence-electron chi connectivity index (χ0n) is 9.05. The first-order valence-electron chi connectivity index (χ1n) is 5.04. The number of rotatable bonds is 5. The largest absolute Gasteiger partial charge is 0.485 e. The first kappa shape index (κ1) is 11.7. The average Bonchev–Trinajstić information content (AvgIpc) is 2.20. The molecule has 0 aliphatic rings. The minimum atomic E-state index is -0.349. The number of ether oxygens (including phenoxy) is 1. The number of Topliss-reactive ketones (excluding diaryl/α,β-unsaturated/α-hetero) is 1. The summed E-state index contributed by atoms with van der Waals surface area (Å²) < 4.78 is 18.1. The Morgan fingerprint density at radius 2 is 2.20 bits per heavy atom. The molecule has 2 nitrogen and oxygen atoms in total. The predicted molar refractivity (Wildman–Crippen MR) is 56.5 cm³/mol. The van der Waals surface area contributed by atoms with Crippen molar-refractivity contribution in [2.75, 3.05) is 6.61 Å². The van der Waals surface area contributed by atoms with E-state index >= 15 is 0 Å². The third kappa shape index (κ3) is 3.70. The van der Waals surface area contributed by atoms with E-state index in [2.05, 4.69) is 0 Å². The van der Waals surface area contributed by atoms with Crippen LogP contribution in [0.5, 0.6) is 5.75 Å². The Morgan fingerprint density at radius 1 is 1.47 bits per heavy atom. The van der Waals surface area contributed by atoms with Crippen molar-refractivity contribution in [2.24, 2.45) is 0 Å². The molecule has 0 N–H and O–H groups in total. The van der Waals surface area contributed by atoms with Crippen LogP contribution in [-0.4, -0.2) is 12.4 Å². The summed E-state index contributed by atoms with van der Waals surface area (Å²) in [6.45, 7) is 3.78. The van der Waals surface area contributed by atoms with E-state index in [1.807, 2.05) is 13.8 Å². The SMILES string of the molecule is CCCC(=O)COc1cc(F)ccc1C. The van der Waals surface area contributed by atoms with Crippen molar-refractivity contribution in [3.05, 3.63) is 29.6 Å². The van der Waals surface area contributed by atoms with Crippen molar-refractivity contribution in [2.45, 2.75) is 26.7 Å². The molecule has 0 aliphatic carbocycles. The van der Waals surface area contributed by atoms with E-state index in [9.17, 15) is 9.18 Å². The van der Waals surface area contributed by atoms with E-state index in [0.29, 0.717) is 12.2 Å². The maximum absolute atomic E-state index is 12.9. The molecule has 82 valence electrons. The first-order valence-corrected chi connectivity index (χ1v) is 5.04. The Balaban J connectivity index is 2.57. The molecule has 0 amide bonds. The number of benzene rings is 1. The summed E-state index contributed by atoms with van der Waals surface area (Å²) >= 11 is 0. The van der Waals surface area contributed by atoms with Gasteiger partial charge in [-0.25, -0.2) is 4.39 Å². The summed E-state index contributed by atoms with van der Waals surface area (Å²) in [5.74, 6) is 0.138. The van der Waals surface area contributed by atoms with Crippen molar-refractivity contribution in [1.29, 1.82) is 0 Å². The second-order valence-corrected chi connectivity index (χ2v) is 3.49. The summed E-state index contributed by atoms with van der Waals surface area (Å²) in [7, 11) is 0. The van der Waals surface area contributed by atoms with Crippen LogP contribution in [0.15, 0.2) is 18.2 Å². The van der Waals surface area contributed by atoms with Crippen molar-refractivity contribution in [3.63, 3.8) is 0 Å². The number of hydrogen-bond acceptors (Lipinski definition) is 2. The normalized spacial score (nSPS) is 10.1. The molecular weight excluding hydrogens is 195 g/mol. The number of ketones is 1. The molecular formula is C12H15FO2. The molecule has 0 atom stereocenters. The highest BCUT2D eigenvalue weighted by Crippen LogP contribution is 2.18. The van der Waals surface area contributed by atoms with Crippen molar-refractivity contribution in [1.82, 2.24) is 0 Å². The summed E-state index contributed by atoms with van der Waals surface area (Å²) in [4.78, 5) is 11.2. The quantitative estimate of drug-likeness (QED) is 0.747. The minimum Gasteiger partial charge on any atom is -0.485 e. The standard InChI is InChI=1S/C12H15FO2/c1-3-4-11(14)8-15-12-7-10(13)6-5-9(12)2/h5-7H,3-4,8H2,1-2H3. The number of carbonyl (C=O) groups excluding carboxylic acids is 1. The van der Waals surface area contributed by atoms with Gasteiger partial charge in [0.05, 0.1) is 0 Å². The number of hydrogen-bond donors (Lipinski definition) is 0. The van der Waals surface area contributed by atoms with Crippen molar-refractivity contribution >= 4 is 5.78 Å². The van der Waals surface area contributed by atoms with Crippen LogP contribution in [0.25, 0.3) is 0 Å². The molecule has 15 heavy (non-hydrogen) atoms. The maximum Gasteiger partial charge on any atom is 0.170 e. The Kier molecular flexibility index (Phi) is 4.28. The van der Waals surface area contributed by atoms with Crippen LogP contribution in [0, 0.1) is 12.7 Å². The molecule has 0 aliphatic heterocycles. The zero-order valence-corrected chi connectivity index (χ0v) is 9.05. The topological polar surface area (TPSA) is 26.3 Å². The second-order valence-electron chi connectivity index (χ2n) is 3.49. The highest BCUT2D eigenvalue weighted by molar-refractivity contribution is 5.79. The van der Waals surface area contributed by atoms with Crippen LogP contribution in [0.1, 0.15) is 25.3 Å². The van der Waals surface area contributed by atoms with Gasteiger partial charge in [0.25, 0.3) is 0 Å². The van der Waals surface area contributed by atoms with Crippen LogP contribution in [-0.2, 0) is 4.79 Å². The lowest BCUT2D eigenvalue weighted by Gasteiger charge is -2.07. The molecule has 0 radical (unpaired) electrons. The molecule has 0 spiro atoms. The first-order chi connectivity index (χ1) is 7.13. The van der Waals surface area contributed by atoms with E-state index in [1.54, 1.807) is 6.07 Å². The molecule has 1 aromatic rings. The van der Waals surface area contributed by atoms with Gasteiger partial charge in [-0.15, -0.1) is 0 Å². The van der Waals surface area contributed by atoms with E-state index < -0.39 is 0 Å². The van der Waals surface area contributed by atoms with E-state index in [1.165, 1.54) is 12.1 Å². The fraction of sp³-hybridized carbons (Fsp3) is 0.417. The fourth-order valence-corrected chi connectivity index (χ4v) is 1.24. The summed E-state index contributed by atoms with van der Waals surface area (Å²) in [5, 5.41) is 0. The van der Waals surface area contributed by atoms with Crippen LogP contribution < -0.4 is 4.74 Å². The zero-order chi connectivity index (χ0) is 11.3. The Morgan fingerprint density at radius 3 is 2.87 bits per heavy atom. The van der Waals surface area contributed by atoms with Gasteiger partial charge >= 0.3 is 0 Å². The average molecular weight is 210 g/mol. The summed E-state index contributed by atoms with van der Waals surface area (Å²) in [6.07, 6.45) is 1.32. The van der Waals surface area contributed by atoms with Crippen LogP contribution in [0.2, 0.25) is 0 Å². The van der Waals surface area contributed by atoms with E-state index in [-0.39, 0.29) is 18.2 Å². The van der Waals surface area contributed by atoms with Gasteiger partial charge in [-0.1, -0.05) is 13.0 Å². The van der Waals surface area contributed by atoms with Gasteiger partial charge in [0, 0.05) is 12.5 Å². The number of aryl methyl sites for hydroxylation is 1. The smallest absolute Gasteiger partial charge is 0.170 e. The van der Waals surface area contributed by atoms with E-state index in [0.717, 1.165) is 12.0 Å². The predicted octanol–water partition coefficient (Wildman–Crippen LogP) is 2.88. The van der Waals surface area contributed by atoms with Gasteiger partial charge < -0.3 is 4.74 Å². The van der Waals surface area contributed by atoms with E-state index in [4.69, 9.17) is 4.74 Å². The molecule has 0 saturated heterocycles. The van der Waals surface area contributed by atoms with Gasteiger partial charge in [0.2, 0.25) is 0 Å². The molecule has 1 rings (SSSR count). The lowest BCUT2D eigenvalue weighted by atomic mass is 10.2. The van der Waals surface area contributed by atoms with Crippen molar-refractivity contribution < 1.29 is 13.9 Å². The molecule has 3 heteroatoms. The van der Waals surface area contributed by atoms with Gasteiger partial charge in [-0.3, -0.25) is 4.79 Å². The van der Waals surface area contributed by atoms with Gasteiger partial charge in [0.15, 0.2) is 5.78 Å². The van der Waals surface area contributed by atoms with Crippen LogP contribution in [0.4, 0.5) is 4.39 Å². The third-order valence-corrected chi connectivity index (χ3v) is 2.07. The van der Waals surface area contributed by atoms with Crippen LogP contribution in [0.3, 0.4) is 0 Å².